The standard InChI is InChI=1S/C14H20Br2N2O3/c1-3-17-8-10-6-11(15)14(12(16)7-10)21-9-13(19)18-4-5-20-2/h6-7,17H,3-5,8-9H2,1-2H3,(H,18,19). The van der Waals surface area contributed by atoms with Crippen molar-refractivity contribution in [2.24, 2.45) is 0 Å². The summed E-state index contributed by atoms with van der Waals surface area (Å²) in [5.41, 5.74) is 1.13. The Morgan fingerprint density at radius 3 is 2.52 bits per heavy atom. The first kappa shape index (κ1) is 18.4. The molecule has 0 aliphatic rings. The van der Waals surface area contributed by atoms with Gasteiger partial charge in [0.2, 0.25) is 0 Å². The summed E-state index contributed by atoms with van der Waals surface area (Å²) in [6, 6.07) is 3.96. The monoisotopic (exact) mass is 422 g/mol. The van der Waals surface area contributed by atoms with Crippen molar-refractivity contribution in [2.75, 3.05) is 33.4 Å². The molecule has 5 nitrogen and oxygen atoms in total. The van der Waals surface area contributed by atoms with Crippen molar-refractivity contribution in [1.82, 2.24) is 10.6 Å². The van der Waals surface area contributed by atoms with Crippen LogP contribution in [-0.4, -0.2) is 39.3 Å². The summed E-state index contributed by atoms with van der Waals surface area (Å²) in [6.45, 7) is 4.68. The molecule has 0 atom stereocenters. The van der Waals surface area contributed by atoms with Crippen LogP contribution in [-0.2, 0) is 16.1 Å². The van der Waals surface area contributed by atoms with E-state index in [9.17, 15) is 4.79 Å². The first-order chi connectivity index (χ1) is 10.1. The average molecular weight is 424 g/mol. The van der Waals surface area contributed by atoms with E-state index in [1.165, 1.54) is 0 Å². The van der Waals surface area contributed by atoms with Gasteiger partial charge in [0.05, 0.1) is 15.6 Å². The minimum absolute atomic E-state index is 0.0343. The zero-order valence-electron chi connectivity index (χ0n) is 12.2. The number of carbonyl (C=O) groups excluding carboxylic acids is 1. The molecule has 0 aliphatic heterocycles. The van der Waals surface area contributed by atoms with Gasteiger partial charge in [-0.25, -0.2) is 0 Å². The smallest absolute Gasteiger partial charge is 0.258 e. The molecular weight excluding hydrogens is 404 g/mol. The van der Waals surface area contributed by atoms with Crippen LogP contribution in [0.2, 0.25) is 0 Å². The Bertz CT molecular complexity index is 447. The minimum Gasteiger partial charge on any atom is -0.481 e. The van der Waals surface area contributed by atoms with E-state index in [2.05, 4.69) is 49.4 Å². The second kappa shape index (κ2) is 10.2. The third-order valence-corrected chi connectivity index (χ3v) is 3.79. The fraction of sp³-hybridized carbons (Fsp3) is 0.500. The van der Waals surface area contributed by atoms with Gasteiger partial charge < -0.3 is 20.1 Å². The van der Waals surface area contributed by atoms with Gasteiger partial charge in [-0.05, 0) is 56.1 Å². The Hall–Kier alpha value is -0.630. The third kappa shape index (κ3) is 6.78. The molecular formula is C14H20Br2N2O3. The number of hydrogen-bond donors (Lipinski definition) is 2. The normalized spacial score (nSPS) is 10.5. The van der Waals surface area contributed by atoms with Crippen molar-refractivity contribution in [3.63, 3.8) is 0 Å². The van der Waals surface area contributed by atoms with Crippen LogP contribution in [0.4, 0.5) is 0 Å². The highest BCUT2D eigenvalue weighted by atomic mass is 79.9. The number of halogens is 2. The molecule has 0 bridgehead atoms. The summed E-state index contributed by atoms with van der Waals surface area (Å²) in [4.78, 5) is 11.6. The summed E-state index contributed by atoms with van der Waals surface area (Å²) in [7, 11) is 1.59. The van der Waals surface area contributed by atoms with Gasteiger partial charge >= 0.3 is 0 Å². The molecule has 1 rings (SSSR count). The van der Waals surface area contributed by atoms with Gasteiger partial charge in [-0.1, -0.05) is 6.92 Å². The van der Waals surface area contributed by atoms with E-state index in [0.717, 1.165) is 27.6 Å². The van der Waals surface area contributed by atoms with Gasteiger partial charge in [0, 0.05) is 20.2 Å². The van der Waals surface area contributed by atoms with Gasteiger partial charge in [-0.15, -0.1) is 0 Å². The first-order valence-corrected chi connectivity index (χ1v) is 8.24. The van der Waals surface area contributed by atoms with E-state index < -0.39 is 0 Å². The Morgan fingerprint density at radius 1 is 1.29 bits per heavy atom. The number of carbonyl (C=O) groups is 1. The number of rotatable bonds is 9. The Labute approximate surface area is 142 Å². The minimum atomic E-state index is -0.178. The van der Waals surface area contributed by atoms with Gasteiger partial charge in [0.25, 0.3) is 5.91 Å². The number of nitrogens with one attached hydrogen (secondary N) is 2. The fourth-order valence-corrected chi connectivity index (χ4v) is 3.11. The van der Waals surface area contributed by atoms with Gasteiger partial charge in [-0.3, -0.25) is 4.79 Å². The molecule has 0 aliphatic carbocycles. The maximum absolute atomic E-state index is 11.6. The molecule has 0 aromatic heterocycles. The molecule has 0 unspecified atom stereocenters. The van der Waals surface area contributed by atoms with Crippen molar-refractivity contribution >= 4 is 37.8 Å². The van der Waals surface area contributed by atoms with Crippen molar-refractivity contribution in [2.45, 2.75) is 13.5 Å². The van der Waals surface area contributed by atoms with Gasteiger partial charge in [0.15, 0.2) is 6.61 Å². The Morgan fingerprint density at radius 2 is 1.95 bits per heavy atom. The highest BCUT2D eigenvalue weighted by Crippen LogP contribution is 2.34. The topological polar surface area (TPSA) is 59.6 Å². The van der Waals surface area contributed by atoms with E-state index in [1.54, 1.807) is 7.11 Å². The summed E-state index contributed by atoms with van der Waals surface area (Å²) >= 11 is 6.94. The van der Waals surface area contributed by atoms with Crippen LogP contribution in [0, 0.1) is 0 Å². The Balaban J connectivity index is 2.57. The van der Waals surface area contributed by atoms with Crippen LogP contribution < -0.4 is 15.4 Å². The fourth-order valence-electron chi connectivity index (χ4n) is 1.60. The van der Waals surface area contributed by atoms with E-state index in [1.807, 2.05) is 12.1 Å². The lowest BCUT2D eigenvalue weighted by Gasteiger charge is -2.12. The maximum atomic E-state index is 11.6. The molecule has 1 aromatic carbocycles. The molecule has 7 heteroatoms. The number of hydrogen-bond acceptors (Lipinski definition) is 4. The number of amides is 1. The summed E-state index contributed by atoms with van der Waals surface area (Å²) in [5, 5.41) is 5.96. The van der Waals surface area contributed by atoms with Crippen molar-refractivity contribution in [3.8, 4) is 5.75 Å². The zero-order valence-corrected chi connectivity index (χ0v) is 15.3. The summed E-state index contributed by atoms with van der Waals surface area (Å²) in [6.07, 6.45) is 0. The molecule has 21 heavy (non-hydrogen) atoms. The van der Waals surface area contributed by atoms with Crippen LogP contribution in [0.3, 0.4) is 0 Å². The SMILES string of the molecule is CCNCc1cc(Br)c(OCC(=O)NCCOC)c(Br)c1. The molecule has 0 saturated carbocycles. The highest BCUT2D eigenvalue weighted by molar-refractivity contribution is 9.11. The van der Waals surface area contributed by atoms with Gasteiger partial charge in [0.1, 0.15) is 5.75 Å². The molecule has 0 fully saturated rings. The van der Waals surface area contributed by atoms with Crippen LogP contribution in [0.25, 0.3) is 0 Å². The molecule has 0 radical (unpaired) electrons. The lowest BCUT2D eigenvalue weighted by molar-refractivity contribution is -0.123. The van der Waals surface area contributed by atoms with E-state index in [-0.39, 0.29) is 12.5 Å². The maximum Gasteiger partial charge on any atom is 0.258 e. The lowest BCUT2D eigenvalue weighted by atomic mass is 10.2. The van der Waals surface area contributed by atoms with Crippen molar-refractivity contribution < 1.29 is 14.3 Å². The molecule has 1 amide bonds. The van der Waals surface area contributed by atoms with Crippen LogP contribution >= 0.6 is 31.9 Å². The second-order valence-electron chi connectivity index (χ2n) is 4.30. The second-order valence-corrected chi connectivity index (χ2v) is 6.01. The van der Waals surface area contributed by atoms with E-state index in [0.29, 0.717) is 18.9 Å². The van der Waals surface area contributed by atoms with Crippen molar-refractivity contribution in [1.29, 1.82) is 0 Å². The zero-order chi connectivity index (χ0) is 15.7. The highest BCUT2D eigenvalue weighted by Gasteiger charge is 2.11. The van der Waals surface area contributed by atoms with Crippen LogP contribution in [0.15, 0.2) is 21.1 Å². The third-order valence-electron chi connectivity index (χ3n) is 2.61. The number of benzene rings is 1. The molecule has 0 saturated heterocycles. The predicted octanol–water partition coefficient (Wildman–Crippen LogP) is 2.46. The molecule has 2 N–H and O–H groups in total. The molecule has 1 aromatic rings. The van der Waals surface area contributed by atoms with Gasteiger partial charge in [-0.2, -0.15) is 0 Å². The van der Waals surface area contributed by atoms with Crippen molar-refractivity contribution in [3.05, 3.63) is 26.6 Å². The van der Waals surface area contributed by atoms with E-state index >= 15 is 0 Å². The predicted molar refractivity (Wildman–Crippen MR) is 89.6 cm³/mol. The van der Waals surface area contributed by atoms with Crippen LogP contribution in [0.1, 0.15) is 12.5 Å². The molecule has 0 heterocycles. The Kier molecular flexibility index (Phi) is 8.91. The average Bonchev–Trinajstić information content (AvgIpc) is 2.44. The first-order valence-electron chi connectivity index (χ1n) is 6.65. The largest absolute Gasteiger partial charge is 0.481 e. The van der Waals surface area contributed by atoms with E-state index in [4.69, 9.17) is 9.47 Å². The summed E-state index contributed by atoms with van der Waals surface area (Å²) < 4.78 is 12.0. The quantitative estimate of drug-likeness (QED) is 0.599. The van der Waals surface area contributed by atoms with Crippen LogP contribution in [0.5, 0.6) is 5.75 Å². The lowest BCUT2D eigenvalue weighted by Crippen LogP contribution is -2.31. The number of methoxy groups -OCH3 is 1. The summed E-state index contributed by atoms with van der Waals surface area (Å²) in [5.74, 6) is 0.444. The number of ether oxygens (including phenoxy) is 2. The molecule has 0 spiro atoms. The molecule has 118 valence electrons.